The van der Waals surface area contributed by atoms with E-state index in [1.807, 2.05) is 29.2 Å². The van der Waals surface area contributed by atoms with Gasteiger partial charge in [-0.3, -0.25) is 10.1 Å². The molecule has 0 radical (unpaired) electrons. The molecule has 2 aliphatic rings. The molecular formula is C22H25N5O5S. The van der Waals surface area contributed by atoms with E-state index in [4.69, 9.17) is 9.72 Å². The molecule has 0 amide bonds. The van der Waals surface area contributed by atoms with Crippen LogP contribution in [0.1, 0.15) is 24.6 Å². The van der Waals surface area contributed by atoms with Crippen molar-refractivity contribution in [3.8, 4) is 0 Å². The van der Waals surface area contributed by atoms with Crippen molar-refractivity contribution in [2.45, 2.75) is 23.7 Å². The minimum atomic E-state index is -3.92. The lowest BCUT2D eigenvalue weighted by atomic mass is 9.97. The molecule has 3 heterocycles. The summed E-state index contributed by atoms with van der Waals surface area (Å²) in [7, 11) is -3.92. The molecule has 0 saturated carbocycles. The smallest absolute Gasteiger partial charge is 0.270 e. The number of sulfonamides is 1. The molecular weight excluding hydrogens is 446 g/mol. The van der Waals surface area contributed by atoms with Crippen molar-refractivity contribution >= 4 is 32.4 Å². The van der Waals surface area contributed by atoms with Gasteiger partial charge in [0.05, 0.1) is 34.9 Å². The minimum Gasteiger partial charge on any atom is -0.379 e. The van der Waals surface area contributed by atoms with Gasteiger partial charge in [0.25, 0.3) is 5.69 Å². The Morgan fingerprint density at radius 2 is 1.91 bits per heavy atom. The van der Waals surface area contributed by atoms with E-state index < -0.39 is 14.9 Å². The number of para-hydroxylation sites is 2. The molecule has 0 spiro atoms. The van der Waals surface area contributed by atoms with E-state index in [9.17, 15) is 18.5 Å². The van der Waals surface area contributed by atoms with E-state index in [-0.39, 0.29) is 29.6 Å². The quantitative estimate of drug-likeness (QED) is 0.448. The Hall–Kier alpha value is -3.02. The summed E-state index contributed by atoms with van der Waals surface area (Å²) in [4.78, 5) is 21.0. The monoisotopic (exact) mass is 471 g/mol. The molecule has 0 aliphatic carbocycles. The van der Waals surface area contributed by atoms with Crippen molar-refractivity contribution in [1.82, 2.24) is 14.3 Å². The summed E-state index contributed by atoms with van der Waals surface area (Å²) >= 11 is 0. The van der Waals surface area contributed by atoms with Crippen LogP contribution in [0.15, 0.2) is 47.4 Å². The van der Waals surface area contributed by atoms with Gasteiger partial charge < -0.3 is 14.6 Å². The number of imidazole rings is 1. The summed E-state index contributed by atoms with van der Waals surface area (Å²) in [5.41, 5.74) is 2.12. The number of hydrogen-bond donors (Lipinski definition) is 1. The van der Waals surface area contributed by atoms with Gasteiger partial charge in [-0.15, -0.1) is 0 Å². The first-order valence-corrected chi connectivity index (χ1v) is 12.4. The number of non-ortho nitro benzene ring substituents is 1. The van der Waals surface area contributed by atoms with Crippen molar-refractivity contribution in [3.63, 3.8) is 0 Å². The number of nitrogens with zero attached hydrogens (tertiary/aromatic N) is 4. The van der Waals surface area contributed by atoms with Crippen LogP contribution in [0.2, 0.25) is 0 Å². The van der Waals surface area contributed by atoms with E-state index >= 15 is 0 Å². The summed E-state index contributed by atoms with van der Waals surface area (Å²) in [5, 5.41) is 11.4. The van der Waals surface area contributed by atoms with Gasteiger partial charge in [0.15, 0.2) is 0 Å². The van der Waals surface area contributed by atoms with E-state index in [1.165, 1.54) is 16.4 Å². The molecule has 2 saturated heterocycles. The number of hydrogen-bond acceptors (Lipinski definition) is 7. The maximum atomic E-state index is 13.5. The Morgan fingerprint density at radius 3 is 2.67 bits per heavy atom. The fraction of sp³-hybridized carbons (Fsp3) is 0.409. The van der Waals surface area contributed by atoms with Gasteiger partial charge in [-0.1, -0.05) is 12.1 Å². The van der Waals surface area contributed by atoms with Gasteiger partial charge in [-0.25, -0.2) is 13.4 Å². The number of anilines is 1. The molecule has 0 unspecified atom stereocenters. The van der Waals surface area contributed by atoms with Crippen LogP contribution in [0.4, 0.5) is 11.4 Å². The number of nitrogens with one attached hydrogen (secondary N) is 1. The highest BCUT2D eigenvalue weighted by atomic mass is 32.2. The Morgan fingerprint density at radius 1 is 1.12 bits per heavy atom. The number of aromatic nitrogens is 2. The van der Waals surface area contributed by atoms with Gasteiger partial charge in [0.2, 0.25) is 10.0 Å². The van der Waals surface area contributed by atoms with Crippen LogP contribution in [-0.2, 0) is 14.8 Å². The van der Waals surface area contributed by atoms with Crippen molar-refractivity contribution in [2.75, 3.05) is 44.3 Å². The summed E-state index contributed by atoms with van der Waals surface area (Å²) in [6.45, 7) is 2.31. The van der Waals surface area contributed by atoms with Crippen LogP contribution < -0.4 is 4.90 Å². The predicted octanol–water partition coefficient (Wildman–Crippen LogP) is 2.88. The molecule has 1 aromatic heterocycles. The van der Waals surface area contributed by atoms with Crippen molar-refractivity contribution < 1.29 is 18.1 Å². The molecule has 2 aliphatic heterocycles. The first kappa shape index (κ1) is 21.8. The number of rotatable bonds is 5. The van der Waals surface area contributed by atoms with Crippen molar-refractivity contribution in [1.29, 1.82) is 0 Å². The molecule has 1 atom stereocenters. The van der Waals surface area contributed by atoms with Crippen LogP contribution >= 0.6 is 0 Å². The third kappa shape index (κ3) is 4.19. The van der Waals surface area contributed by atoms with Crippen LogP contribution in [0.25, 0.3) is 11.0 Å². The number of fused-ring (bicyclic) bond motifs is 1. The van der Waals surface area contributed by atoms with E-state index in [1.54, 1.807) is 6.07 Å². The van der Waals surface area contributed by atoms with Crippen LogP contribution in [-0.4, -0.2) is 67.0 Å². The second-order valence-electron chi connectivity index (χ2n) is 8.35. The van der Waals surface area contributed by atoms with E-state index in [0.29, 0.717) is 32.0 Å². The Bertz CT molecular complexity index is 1250. The minimum absolute atomic E-state index is 0.0242. The largest absolute Gasteiger partial charge is 0.379 e. The average Bonchev–Trinajstić information content (AvgIpc) is 3.29. The summed E-state index contributed by atoms with van der Waals surface area (Å²) < 4.78 is 33.6. The number of piperidine rings is 1. The lowest BCUT2D eigenvalue weighted by Gasteiger charge is -2.35. The van der Waals surface area contributed by atoms with E-state index in [2.05, 4.69) is 4.98 Å². The number of H-pyrrole nitrogens is 1. The van der Waals surface area contributed by atoms with Crippen LogP contribution in [0, 0.1) is 10.1 Å². The second kappa shape index (κ2) is 8.73. The fourth-order valence-electron chi connectivity index (χ4n) is 4.60. The number of ether oxygens (including phenoxy) is 1. The fourth-order valence-corrected chi connectivity index (χ4v) is 6.23. The molecule has 2 fully saturated rings. The second-order valence-corrected chi connectivity index (χ2v) is 10.3. The first-order valence-electron chi connectivity index (χ1n) is 11.0. The van der Waals surface area contributed by atoms with Crippen molar-refractivity contribution in [2.24, 2.45) is 0 Å². The Balaban J connectivity index is 1.50. The molecule has 10 nitrogen and oxygen atoms in total. The third-order valence-electron chi connectivity index (χ3n) is 6.30. The van der Waals surface area contributed by atoms with Crippen molar-refractivity contribution in [3.05, 3.63) is 58.4 Å². The first-order chi connectivity index (χ1) is 15.9. The Kier molecular flexibility index (Phi) is 5.77. The lowest BCUT2D eigenvalue weighted by molar-refractivity contribution is -0.385. The zero-order valence-corrected chi connectivity index (χ0v) is 18.8. The maximum absolute atomic E-state index is 13.5. The Labute approximate surface area is 191 Å². The average molecular weight is 472 g/mol. The van der Waals surface area contributed by atoms with Crippen LogP contribution in [0.5, 0.6) is 0 Å². The zero-order valence-electron chi connectivity index (χ0n) is 18.0. The molecule has 2 aromatic carbocycles. The third-order valence-corrected chi connectivity index (χ3v) is 8.23. The molecule has 174 valence electrons. The molecule has 11 heteroatoms. The molecule has 33 heavy (non-hydrogen) atoms. The van der Waals surface area contributed by atoms with Gasteiger partial charge in [0, 0.05) is 44.2 Å². The summed E-state index contributed by atoms with van der Waals surface area (Å²) in [6.07, 6.45) is 1.78. The molecule has 3 aromatic rings. The number of morpholine rings is 1. The summed E-state index contributed by atoms with van der Waals surface area (Å²) in [5.74, 6) is 0.973. The van der Waals surface area contributed by atoms with Gasteiger partial charge in [-0.05, 0) is 31.0 Å². The molecule has 1 N–H and O–H groups in total. The number of benzene rings is 2. The van der Waals surface area contributed by atoms with Gasteiger partial charge in [-0.2, -0.15) is 4.31 Å². The van der Waals surface area contributed by atoms with Crippen LogP contribution in [0.3, 0.4) is 0 Å². The number of aromatic amines is 1. The highest BCUT2D eigenvalue weighted by Crippen LogP contribution is 2.36. The lowest BCUT2D eigenvalue weighted by Crippen LogP contribution is -2.42. The maximum Gasteiger partial charge on any atom is 0.270 e. The highest BCUT2D eigenvalue weighted by molar-refractivity contribution is 7.89. The van der Waals surface area contributed by atoms with Gasteiger partial charge >= 0.3 is 0 Å². The van der Waals surface area contributed by atoms with Gasteiger partial charge in [0.1, 0.15) is 10.7 Å². The predicted molar refractivity (Wildman–Crippen MR) is 123 cm³/mol. The normalized spacial score (nSPS) is 20.2. The highest BCUT2D eigenvalue weighted by Gasteiger charge is 2.33. The number of nitro benzene ring substituents is 1. The standard InChI is InChI=1S/C22H25N5O5S/c28-27(29)17-7-8-20(21(14-17)33(30,31)26-10-12-32-13-11-26)25-9-3-4-16(15-25)22-23-18-5-1-2-6-19(18)24-22/h1-2,5-8,14,16H,3-4,9-13,15H2,(H,23,24)/t16-/m0/s1. The summed E-state index contributed by atoms with van der Waals surface area (Å²) in [6, 6.07) is 12.0. The number of nitro groups is 1. The molecule has 5 rings (SSSR count). The SMILES string of the molecule is O=[N+]([O-])c1ccc(N2CCC[C@H](c3nc4ccccc4[nH]3)C2)c(S(=O)(=O)N2CCOCC2)c1. The zero-order chi connectivity index (χ0) is 23.0. The van der Waals surface area contributed by atoms with E-state index in [0.717, 1.165) is 29.7 Å². The topological polar surface area (TPSA) is 122 Å². The molecule has 0 bridgehead atoms.